The van der Waals surface area contributed by atoms with Crippen molar-refractivity contribution in [1.29, 1.82) is 0 Å². The average molecular weight is 627 g/mol. The molecule has 0 aliphatic carbocycles. The summed E-state index contributed by atoms with van der Waals surface area (Å²) in [6.07, 6.45) is -14.3. The van der Waals surface area contributed by atoms with Crippen molar-refractivity contribution in [3.05, 3.63) is 28.4 Å². The van der Waals surface area contributed by atoms with Gasteiger partial charge in [0.25, 0.3) is 0 Å². The molecule has 0 saturated carbocycles. The lowest BCUT2D eigenvalue weighted by Crippen LogP contribution is -2.61. The van der Waals surface area contributed by atoms with Crippen LogP contribution in [0.25, 0.3) is 21.9 Å². The van der Waals surface area contributed by atoms with Crippen LogP contribution in [0.15, 0.2) is 27.4 Å². The van der Waals surface area contributed by atoms with Crippen LogP contribution in [-0.2, 0) is 14.2 Å². The first-order valence-corrected chi connectivity index (χ1v) is 13.5. The Morgan fingerprint density at radius 1 is 0.773 bits per heavy atom. The van der Waals surface area contributed by atoms with Crippen LogP contribution >= 0.6 is 0 Å². The average Bonchev–Trinajstić information content (AvgIpc) is 3.03. The lowest BCUT2D eigenvalue weighted by atomic mass is 9.99. The molecule has 1 aromatic heterocycles. The van der Waals surface area contributed by atoms with E-state index in [1.54, 1.807) is 0 Å². The predicted molar refractivity (Wildman–Crippen MR) is 147 cm³/mol. The maximum Gasteiger partial charge on any atom is 0.229 e. The third-order valence-electron chi connectivity index (χ3n) is 7.54. The molecule has 9 atom stereocenters. The van der Waals surface area contributed by atoms with Gasteiger partial charge < -0.3 is 73.0 Å². The quantitative estimate of drug-likeness (QED) is 0.151. The molecule has 2 aliphatic heterocycles. The summed E-state index contributed by atoms with van der Waals surface area (Å²) in [5.41, 5.74) is -0.489. The Morgan fingerprint density at radius 2 is 1.48 bits per heavy atom. The van der Waals surface area contributed by atoms with Crippen molar-refractivity contribution in [2.75, 3.05) is 41.7 Å². The largest absolute Gasteiger partial charge is 0.497 e. The molecule has 0 spiro atoms. The summed E-state index contributed by atoms with van der Waals surface area (Å²) in [5, 5.41) is 61.7. The number of aliphatic hydroxyl groups is 6. The van der Waals surface area contributed by atoms with E-state index in [0.717, 1.165) is 0 Å². The second kappa shape index (κ2) is 12.9. The maximum absolute atomic E-state index is 13.9. The van der Waals surface area contributed by atoms with Crippen molar-refractivity contribution in [2.45, 2.75) is 55.3 Å². The van der Waals surface area contributed by atoms with Crippen LogP contribution in [0.5, 0.6) is 28.7 Å². The first kappa shape index (κ1) is 32.0. The van der Waals surface area contributed by atoms with Gasteiger partial charge in [-0.2, -0.15) is 0 Å². The fraction of sp³-hybridized carbons (Fsp3) is 0.536. The molecule has 6 N–H and O–H groups in total. The van der Waals surface area contributed by atoms with Crippen molar-refractivity contribution in [2.24, 2.45) is 0 Å². The molecule has 2 aliphatic rings. The summed E-state index contributed by atoms with van der Waals surface area (Å²) in [6.45, 7) is -0.848. The molecule has 2 aromatic carbocycles. The minimum atomic E-state index is -1.84. The molecular weight excluding hydrogens is 592 g/mol. The Bertz CT molecular complexity index is 1540. The Kier molecular flexibility index (Phi) is 9.36. The second-order valence-corrected chi connectivity index (χ2v) is 10.2. The third-order valence-corrected chi connectivity index (χ3v) is 7.54. The Labute approximate surface area is 249 Å². The van der Waals surface area contributed by atoms with Crippen molar-refractivity contribution >= 4 is 21.9 Å². The molecule has 3 aromatic rings. The first-order valence-electron chi connectivity index (χ1n) is 13.5. The van der Waals surface area contributed by atoms with Crippen LogP contribution in [0.4, 0.5) is 0 Å². The lowest BCUT2D eigenvalue weighted by molar-refractivity contribution is -0.307. The van der Waals surface area contributed by atoms with E-state index in [2.05, 4.69) is 0 Å². The molecule has 0 radical (unpaired) electrons. The fourth-order valence-electron chi connectivity index (χ4n) is 5.10. The number of hydrogen-bond acceptors (Lipinski definition) is 16. The van der Waals surface area contributed by atoms with E-state index in [0.29, 0.717) is 5.75 Å². The van der Waals surface area contributed by atoms with Crippen molar-refractivity contribution < 1.29 is 73.0 Å². The van der Waals surface area contributed by atoms with Crippen LogP contribution in [0, 0.1) is 0 Å². The molecule has 0 amide bonds. The first-order chi connectivity index (χ1) is 21.0. The van der Waals surface area contributed by atoms with Gasteiger partial charge in [-0.25, -0.2) is 0 Å². The molecule has 242 valence electrons. The number of ether oxygens (including phenoxy) is 8. The maximum atomic E-state index is 13.9. The smallest absolute Gasteiger partial charge is 0.229 e. The van der Waals surface area contributed by atoms with Crippen molar-refractivity contribution in [3.63, 3.8) is 0 Å². The van der Waals surface area contributed by atoms with E-state index in [1.807, 2.05) is 0 Å². The molecular formula is C28H34O16. The van der Waals surface area contributed by atoms with Crippen LogP contribution in [-0.4, -0.2) is 128 Å². The normalized spacial score (nSPS) is 30.7. The Morgan fingerprint density at radius 3 is 2.14 bits per heavy atom. The van der Waals surface area contributed by atoms with E-state index >= 15 is 0 Å². The minimum Gasteiger partial charge on any atom is -0.497 e. The van der Waals surface area contributed by atoms with Crippen molar-refractivity contribution in [1.82, 2.24) is 0 Å². The van der Waals surface area contributed by atoms with Gasteiger partial charge in [0.05, 0.1) is 47.0 Å². The minimum absolute atomic E-state index is 0.00596. The van der Waals surface area contributed by atoms with Gasteiger partial charge in [0.2, 0.25) is 17.5 Å². The SMILES string of the molecule is COc1cc(OC)c2oc3cc(OC)c(OC)c(OC4OC(COC5OCC(O)C(O)C5O)C(O)C(O)C4O)c3c(=O)c2c1. The highest BCUT2D eigenvalue weighted by Gasteiger charge is 2.47. The second-order valence-electron chi connectivity index (χ2n) is 10.2. The summed E-state index contributed by atoms with van der Waals surface area (Å²) < 4.78 is 50.1. The lowest BCUT2D eigenvalue weighted by Gasteiger charge is -2.41. The molecule has 0 bridgehead atoms. The van der Waals surface area contributed by atoms with Crippen molar-refractivity contribution in [3.8, 4) is 28.7 Å². The van der Waals surface area contributed by atoms with Crippen LogP contribution in [0.2, 0.25) is 0 Å². The Balaban J connectivity index is 1.53. The summed E-state index contributed by atoms with van der Waals surface area (Å²) in [6, 6.07) is 4.39. The van der Waals surface area contributed by atoms with E-state index in [-0.39, 0.29) is 51.5 Å². The number of aliphatic hydroxyl groups excluding tert-OH is 6. The highest BCUT2D eigenvalue weighted by molar-refractivity contribution is 5.98. The van der Waals surface area contributed by atoms with E-state index in [1.165, 1.54) is 46.6 Å². The number of benzene rings is 2. The van der Waals surface area contributed by atoms with Gasteiger partial charge in [-0.05, 0) is 6.07 Å². The van der Waals surface area contributed by atoms with Gasteiger partial charge in [-0.1, -0.05) is 0 Å². The topological polar surface area (TPSA) is 225 Å². The van der Waals surface area contributed by atoms with Gasteiger partial charge in [0.15, 0.2) is 29.1 Å². The number of methoxy groups -OCH3 is 4. The zero-order chi connectivity index (χ0) is 31.9. The Hall–Kier alpha value is -3.45. The van der Waals surface area contributed by atoms with Crippen LogP contribution < -0.4 is 29.1 Å². The molecule has 2 fully saturated rings. The van der Waals surface area contributed by atoms with E-state index < -0.39 is 67.3 Å². The summed E-state index contributed by atoms with van der Waals surface area (Å²) in [7, 11) is 5.45. The van der Waals surface area contributed by atoms with E-state index in [9.17, 15) is 35.4 Å². The fourth-order valence-corrected chi connectivity index (χ4v) is 5.10. The molecule has 9 unspecified atom stereocenters. The predicted octanol–water partition coefficient (Wildman–Crippen LogP) is -1.38. The molecule has 16 nitrogen and oxygen atoms in total. The van der Waals surface area contributed by atoms with Gasteiger partial charge in [-0.15, -0.1) is 0 Å². The summed E-state index contributed by atoms with van der Waals surface area (Å²) in [5.74, 6) is 0.270. The van der Waals surface area contributed by atoms with Gasteiger partial charge in [-0.3, -0.25) is 4.79 Å². The van der Waals surface area contributed by atoms with Crippen LogP contribution in [0.1, 0.15) is 0 Å². The molecule has 44 heavy (non-hydrogen) atoms. The highest BCUT2D eigenvalue weighted by atomic mass is 16.7. The van der Waals surface area contributed by atoms with Gasteiger partial charge >= 0.3 is 0 Å². The number of fused-ring (bicyclic) bond motifs is 2. The zero-order valence-electron chi connectivity index (χ0n) is 24.1. The third kappa shape index (κ3) is 5.60. The number of hydrogen-bond donors (Lipinski definition) is 6. The summed E-state index contributed by atoms with van der Waals surface area (Å²) in [4.78, 5) is 13.9. The zero-order valence-corrected chi connectivity index (χ0v) is 24.1. The molecule has 3 heterocycles. The van der Waals surface area contributed by atoms with Gasteiger partial charge in [0, 0.05) is 12.1 Å². The standard InChI is InChI=1S/C28H34O16/c1-36-10-5-11-18(30)17-13(42-24(11)14(6-10)37-2)7-15(38-3)25(39-4)26(17)44-28-23(35)21(33)20(32)16(43-28)9-41-27-22(34)19(31)12(29)8-40-27/h5-7,12,16,19-23,27-29,31-35H,8-9H2,1-4H3. The molecule has 2 saturated heterocycles. The van der Waals surface area contributed by atoms with Gasteiger partial charge in [0.1, 0.15) is 59.4 Å². The van der Waals surface area contributed by atoms with E-state index in [4.69, 9.17) is 42.3 Å². The molecule has 5 rings (SSSR count). The number of rotatable bonds is 9. The molecule has 16 heteroatoms. The highest BCUT2D eigenvalue weighted by Crippen LogP contribution is 2.45. The monoisotopic (exact) mass is 626 g/mol. The summed E-state index contributed by atoms with van der Waals surface area (Å²) >= 11 is 0. The van der Waals surface area contributed by atoms with Crippen LogP contribution in [0.3, 0.4) is 0 Å².